The van der Waals surface area contributed by atoms with Gasteiger partial charge in [0, 0.05) is 0 Å². The topological polar surface area (TPSA) is 86.3 Å². The van der Waals surface area contributed by atoms with Gasteiger partial charge >= 0.3 is 0 Å². The molecule has 0 fully saturated rings. The average molecular weight is 357 g/mol. The molecule has 0 spiro atoms. The van der Waals surface area contributed by atoms with Gasteiger partial charge in [0.1, 0.15) is 5.82 Å². The molecule has 0 saturated carbocycles. The molecule has 0 aliphatic heterocycles. The molecule has 0 bridgehead atoms. The van der Waals surface area contributed by atoms with E-state index in [0.29, 0.717) is 11.1 Å². The van der Waals surface area contributed by atoms with E-state index in [-0.39, 0.29) is 21.2 Å². The van der Waals surface area contributed by atoms with Crippen LogP contribution in [-0.4, -0.2) is 14.4 Å². The van der Waals surface area contributed by atoms with Crippen molar-refractivity contribution >= 4 is 33.3 Å². The van der Waals surface area contributed by atoms with Crippen LogP contribution in [0.5, 0.6) is 0 Å². The van der Waals surface area contributed by atoms with Crippen LogP contribution < -0.4 is 9.83 Å². The van der Waals surface area contributed by atoms with E-state index >= 15 is 0 Å². The zero-order valence-corrected chi connectivity index (χ0v) is 13.8. The monoisotopic (exact) mass is 356 g/mol. The van der Waals surface area contributed by atoms with E-state index in [1.165, 1.54) is 12.1 Å². The van der Waals surface area contributed by atoms with Gasteiger partial charge in [0.05, 0.1) is 21.6 Å². The molecule has 2 rings (SSSR count). The van der Waals surface area contributed by atoms with Gasteiger partial charge in [-0.2, -0.15) is 0 Å². The van der Waals surface area contributed by atoms with Crippen molar-refractivity contribution in [3.05, 3.63) is 57.9 Å². The number of aromatic carboxylic acids is 1. The second kappa shape index (κ2) is 6.17. The van der Waals surface area contributed by atoms with Crippen LogP contribution in [0.25, 0.3) is 0 Å². The molecule has 0 saturated heterocycles. The first-order valence-electron chi connectivity index (χ1n) is 6.42. The predicted octanol–water partition coefficient (Wildman–Crippen LogP) is 2.26. The molecular weight excluding hydrogens is 345 g/mol. The summed E-state index contributed by atoms with van der Waals surface area (Å²) in [5, 5.41) is 10.9. The Hall–Kier alpha value is -2.12. The van der Waals surface area contributed by atoms with E-state index in [9.17, 15) is 22.7 Å². The minimum Gasteiger partial charge on any atom is -0.545 e. The Morgan fingerprint density at radius 1 is 1.22 bits per heavy atom. The fourth-order valence-corrected chi connectivity index (χ4v) is 3.69. The number of hydrogen-bond donors (Lipinski definition) is 1. The van der Waals surface area contributed by atoms with Crippen LogP contribution in [-0.2, 0) is 10.0 Å². The molecule has 0 radical (unpaired) electrons. The summed E-state index contributed by atoms with van der Waals surface area (Å²) in [5.41, 5.74) is 0.612. The maximum absolute atomic E-state index is 13.0. The first-order chi connectivity index (χ1) is 10.6. The number of anilines is 1. The molecule has 0 amide bonds. The third kappa shape index (κ3) is 3.62. The number of sulfonamides is 1. The lowest BCUT2D eigenvalue weighted by Crippen LogP contribution is -2.24. The maximum atomic E-state index is 13.0. The van der Waals surface area contributed by atoms with Crippen LogP contribution in [0.3, 0.4) is 0 Å². The molecule has 8 heteroatoms. The largest absolute Gasteiger partial charge is 0.545 e. The standard InChI is InChI=1S/C15H13ClFNO4S/c1-8-5-10(15(19)20)6-14(9(8)2)23(21,22)18-13-4-3-11(17)7-12(13)16/h3-7,18H,1-2H3,(H,19,20)/p-1. The summed E-state index contributed by atoms with van der Waals surface area (Å²) in [6.07, 6.45) is 0. The minimum absolute atomic E-state index is 0.0102. The molecule has 2 aromatic carbocycles. The zero-order chi connectivity index (χ0) is 17.4. The van der Waals surface area contributed by atoms with Crippen molar-refractivity contribution in [1.29, 1.82) is 0 Å². The van der Waals surface area contributed by atoms with Crippen LogP contribution in [0, 0.1) is 19.7 Å². The van der Waals surface area contributed by atoms with Crippen LogP contribution in [0.15, 0.2) is 35.2 Å². The Morgan fingerprint density at radius 3 is 2.43 bits per heavy atom. The van der Waals surface area contributed by atoms with Crippen molar-refractivity contribution < 1.29 is 22.7 Å². The number of carboxylic acids is 1. The van der Waals surface area contributed by atoms with Gasteiger partial charge in [0.2, 0.25) is 0 Å². The van der Waals surface area contributed by atoms with E-state index in [1.54, 1.807) is 13.8 Å². The van der Waals surface area contributed by atoms with Crippen molar-refractivity contribution in [3.8, 4) is 0 Å². The van der Waals surface area contributed by atoms with Gasteiger partial charge in [-0.3, -0.25) is 4.72 Å². The van der Waals surface area contributed by atoms with Crippen LogP contribution in [0.4, 0.5) is 10.1 Å². The lowest BCUT2D eigenvalue weighted by atomic mass is 10.1. The third-order valence-corrected chi connectivity index (χ3v) is 5.12. The molecule has 0 aliphatic carbocycles. The van der Waals surface area contributed by atoms with Crippen LogP contribution in [0.2, 0.25) is 5.02 Å². The second-order valence-electron chi connectivity index (χ2n) is 4.93. The molecule has 23 heavy (non-hydrogen) atoms. The van der Waals surface area contributed by atoms with E-state index in [2.05, 4.69) is 4.72 Å². The molecule has 0 aromatic heterocycles. The maximum Gasteiger partial charge on any atom is 0.262 e. The van der Waals surface area contributed by atoms with Crippen LogP contribution >= 0.6 is 11.6 Å². The van der Waals surface area contributed by atoms with Crippen molar-refractivity contribution in [3.63, 3.8) is 0 Å². The smallest absolute Gasteiger partial charge is 0.262 e. The molecule has 2 aromatic rings. The highest BCUT2D eigenvalue weighted by atomic mass is 35.5. The highest BCUT2D eigenvalue weighted by Gasteiger charge is 2.20. The number of rotatable bonds is 4. The average Bonchev–Trinajstić information content (AvgIpc) is 2.44. The lowest BCUT2D eigenvalue weighted by molar-refractivity contribution is -0.255. The van der Waals surface area contributed by atoms with Gasteiger partial charge in [-0.1, -0.05) is 11.6 Å². The van der Waals surface area contributed by atoms with Crippen molar-refractivity contribution in [1.82, 2.24) is 0 Å². The van der Waals surface area contributed by atoms with Crippen molar-refractivity contribution in [2.24, 2.45) is 0 Å². The number of carbonyl (C=O) groups is 1. The third-order valence-electron chi connectivity index (χ3n) is 3.32. The molecule has 0 aliphatic rings. The summed E-state index contributed by atoms with van der Waals surface area (Å²) in [6, 6.07) is 5.54. The number of nitrogens with one attached hydrogen (secondary N) is 1. The quantitative estimate of drug-likeness (QED) is 0.910. The first-order valence-corrected chi connectivity index (χ1v) is 8.28. The van der Waals surface area contributed by atoms with E-state index in [1.807, 2.05) is 0 Å². The Labute approximate surface area is 137 Å². The second-order valence-corrected chi connectivity index (χ2v) is 6.99. The molecule has 1 N–H and O–H groups in total. The Morgan fingerprint density at radius 2 is 1.87 bits per heavy atom. The summed E-state index contributed by atoms with van der Waals surface area (Å²) in [6.45, 7) is 3.14. The summed E-state index contributed by atoms with van der Waals surface area (Å²) in [7, 11) is -4.11. The van der Waals surface area contributed by atoms with Crippen molar-refractivity contribution in [2.45, 2.75) is 18.7 Å². The molecule has 122 valence electrons. The summed E-state index contributed by atoms with van der Waals surface area (Å²) in [5.74, 6) is -2.09. The Bertz CT molecular complexity index is 897. The minimum atomic E-state index is -4.11. The fourth-order valence-electron chi connectivity index (χ4n) is 2.00. The zero-order valence-electron chi connectivity index (χ0n) is 12.2. The van der Waals surface area contributed by atoms with Gasteiger partial charge in [-0.15, -0.1) is 0 Å². The number of hydrogen-bond acceptors (Lipinski definition) is 4. The van der Waals surface area contributed by atoms with Gasteiger partial charge < -0.3 is 9.90 Å². The normalized spacial score (nSPS) is 11.3. The Kier molecular flexibility index (Phi) is 4.63. The summed E-state index contributed by atoms with van der Waals surface area (Å²) in [4.78, 5) is 10.8. The van der Waals surface area contributed by atoms with E-state index < -0.39 is 21.8 Å². The predicted molar refractivity (Wildman–Crippen MR) is 82.5 cm³/mol. The molecule has 0 unspecified atom stereocenters. The van der Waals surface area contributed by atoms with E-state index in [0.717, 1.165) is 18.2 Å². The highest BCUT2D eigenvalue weighted by molar-refractivity contribution is 7.92. The summed E-state index contributed by atoms with van der Waals surface area (Å²) >= 11 is 5.80. The fraction of sp³-hybridized carbons (Fsp3) is 0.133. The Balaban J connectivity index is 2.53. The number of carbonyl (C=O) groups excluding carboxylic acids is 1. The lowest BCUT2D eigenvalue weighted by Gasteiger charge is -2.15. The van der Waals surface area contributed by atoms with E-state index in [4.69, 9.17) is 11.6 Å². The van der Waals surface area contributed by atoms with Crippen LogP contribution in [0.1, 0.15) is 21.5 Å². The molecular formula is C15H12ClFNO4S-. The number of halogens is 2. The number of benzene rings is 2. The van der Waals surface area contributed by atoms with Gasteiger partial charge in [-0.25, -0.2) is 12.8 Å². The SMILES string of the molecule is Cc1cc(C(=O)[O-])cc(S(=O)(=O)Nc2ccc(F)cc2Cl)c1C. The molecule has 5 nitrogen and oxygen atoms in total. The van der Waals surface area contributed by atoms with Gasteiger partial charge in [0.25, 0.3) is 10.0 Å². The van der Waals surface area contributed by atoms with Gasteiger partial charge in [-0.05, 0) is 60.9 Å². The van der Waals surface area contributed by atoms with Crippen molar-refractivity contribution in [2.75, 3.05) is 4.72 Å². The summed E-state index contributed by atoms with van der Waals surface area (Å²) < 4.78 is 40.3. The van der Waals surface area contributed by atoms with Gasteiger partial charge in [0.15, 0.2) is 0 Å². The first kappa shape index (κ1) is 17.2. The number of carboxylic acid groups (broad SMARTS) is 1. The highest BCUT2D eigenvalue weighted by Crippen LogP contribution is 2.27. The molecule has 0 atom stereocenters. The molecule has 0 heterocycles. The number of aryl methyl sites for hydroxylation is 1.